The van der Waals surface area contributed by atoms with E-state index in [0.717, 1.165) is 5.52 Å². The number of hydrogen-bond donors (Lipinski definition) is 1. The lowest BCUT2D eigenvalue weighted by Gasteiger charge is -2.33. The third kappa shape index (κ3) is 4.48. The van der Waals surface area contributed by atoms with Crippen LogP contribution < -0.4 is 5.32 Å². The van der Waals surface area contributed by atoms with Crippen LogP contribution in [0.5, 0.6) is 0 Å². The standard InChI is InChI=1S/C25H32N2O7/c1-6-31-21(28)19-18-14(12-17-26-15-10-8-9-11-16(15)33-17)13-25(20(18)19,22(29)32-7-2)27-23(30)34-24(3,4)5/h8-11,14,18-20H,6-7,12-13H2,1-5H3,(H,27,30). The Hall–Kier alpha value is -3.10. The largest absolute Gasteiger partial charge is 0.466 e. The molecule has 5 unspecified atom stereocenters. The first kappa shape index (κ1) is 24.0. The van der Waals surface area contributed by atoms with Crippen molar-refractivity contribution in [1.29, 1.82) is 0 Å². The van der Waals surface area contributed by atoms with Crippen molar-refractivity contribution < 1.29 is 33.0 Å². The molecule has 2 aliphatic rings. The molecule has 0 saturated heterocycles. The van der Waals surface area contributed by atoms with Gasteiger partial charge in [0.2, 0.25) is 0 Å². The number of carbonyl (C=O) groups is 3. The first-order valence-corrected chi connectivity index (χ1v) is 11.8. The predicted molar refractivity (Wildman–Crippen MR) is 122 cm³/mol. The Bertz CT molecular complexity index is 1060. The van der Waals surface area contributed by atoms with Gasteiger partial charge in [-0.3, -0.25) is 4.79 Å². The van der Waals surface area contributed by atoms with Crippen LogP contribution in [0.15, 0.2) is 28.7 Å². The van der Waals surface area contributed by atoms with Crippen LogP contribution in [-0.4, -0.2) is 47.4 Å². The number of hydrogen-bond acceptors (Lipinski definition) is 8. The van der Waals surface area contributed by atoms with Gasteiger partial charge in [-0.15, -0.1) is 0 Å². The van der Waals surface area contributed by atoms with E-state index in [-0.39, 0.29) is 37.4 Å². The smallest absolute Gasteiger partial charge is 0.408 e. The number of rotatable bonds is 7. The minimum absolute atomic E-state index is 0.146. The van der Waals surface area contributed by atoms with Crippen molar-refractivity contribution in [1.82, 2.24) is 10.3 Å². The summed E-state index contributed by atoms with van der Waals surface area (Å²) in [6.45, 7) is 9.06. The topological polar surface area (TPSA) is 117 Å². The van der Waals surface area contributed by atoms with Gasteiger partial charge in [-0.05, 0) is 65.0 Å². The molecule has 0 aliphatic heterocycles. The van der Waals surface area contributed by atoms with E-state index in [1.165, 1.54) is 0 Å². The lowest BCUT2D eigenvalue weighted by atomic mass is 9.85. The fourth-order valence-corrected chi connectivity index (χ4v) is 5.37. The van der Waals surface area contributed by atoms with Crippen LogP contribution in [0, 0.1) is 23.7 Å². The third-order valence-electron chi connectivity index (χ3n) is 6.47. The number of carbonyl (C=O) groups excluding carboxylic acids is 3. The predicted octanol–water partition coefficient (Wildman–Crippen LogP) is 3.64. The minimum Gasteiger partial charge on any atom is -0.466 e. The Balaban J connectivity index is 1.66. The van der Waals surface area contributed by atoms with Crippen LogP contribution in [0.25, 0.3) is 11.1 Å². The molecule has 4 rings (SSSR count). The van der Waals surface area contributed by atoms with Crippen molar-refractivity contribution in [2.45, 2.75) is 58.6 Å². The fourth-order valence-electron chi connectivity index (χ4n) is 5.37. The number of oxazole rings is 1. The van der Waals surface area contributed by atoms with Gasteiger partial charge in [0.1, 0.15) is 16.7 Å². The van der Waals surface area contributed by atoms with Crippen molar-refractivity contribution in [2.75, 3.05) is 13.2 Å². The van der Waals surface area contributed by atoms with Crippen molar-refractivity contribution in [3.05, 3.63) is 30.2 Å². The van der Waals surface area contributed by atoms with Gasteiger partial charge in [-0.2, -0.15) is 0 Å². The van der Waals surface area contributed by atoms with E-state index in [1.807, 2.05) is 24.3 Å². The number of fused-ring (bicyclic) bond motifs is 2. The Morgan fingerprint density at radius 1 is 1.15 bits per heavy atom. The average molecular weight is 473 g/mol. The van der Waals surface area contributed by atoms with Crippen molar-refractivity contribution in [3.8, 4) is 0 Å². The first-order chi connectivity index (χ1) is 16.1. The Morgan fingerprint density at radius 2 is 1.85 bits per heavy atom. The van der Waals surface area contributed by atoms with Gasteiger partial charge >= 0.3 is 18.0 Å². The molecule has 2 saturated carbocycles. The summed E-state index contributed by atoms with van der Waals surface area (Å²) in [5.41, 5.74) is -0.724. The molecule has 2 aliphatic carbocycles. The van der Waals surface area contributed by atoms with Gasteiger partial charge in [0.05, 0.1) is 19.1 Å². The summed E-state index contributed by atoms with van der Waals surface area (Å²) in [5, 5.41) is 2.80. The Labute approximate surface area is 198 Å². The zero-order chi connectivity index (χ0) is 24.7. The number of nitrogens with zero attached hydrogens (tertiary/aromatic N) is 1. The number of para-hydroxylation sites is 2. The molecule has 0 spiro atoms. The normalized spacial score (nSPS) is 27.7. The molecule has 1 heterocycles. The van der Waals surface area contributed by atoms with E-state index < -0.39 is 35.0 Å². The van der Waals surface area contributed by atoms with Crippen LogP contribution in [0.4, 0.5) is 4.79 Å². The van der Waals surface area contributed by atoms with Crippen LogP contribution >= 0.6 is 0 Å². The molecule has 1 N–H and O–H groups in total. The van der Waals surface area contributed by atoms with Gasteiger partial charge in [-0.25, -0.2) is 14.6 Å². The molecule has 1 aromatic carbocycles. The van der Waals surface area contributed by atoms with E-state index >= 15 is 0 Å². The molecule has 1 amide bonds. The number of alkyl carbamates (subject to hydrolysis) is 1. The number of amides is 1. The van der Waals surface area contributed by atoms with Gasteiger partial charge in [0, 0.05) is 12.3 Å². The Morgan fingerprint density at radius 3 is 2.50 bits per heavy atom. The SMILES string of the molecule is CCOC(=O)C1C2C(Cc3nc4ccccc4o3)CC(NC(=O)OC(C)(C)C)(C(=O)OCC)C12. The van der Waals surface area contributed by atoms with Crippen molar-refractivity contribution >= 4 is 29.1 Å². The highest BCUT2D eigenvalue weighted by atomic mass is 16.6. The summed E-state index contributed by atoms with van der Waals surface area (Å²) < 4.78 is 22.0. The van der Waals surface area contributed by atoms with E-state index in [0.29, 0.717) is 17.9 Å². The van der Waals surface area contributed by atoms with E-state index in [4.69, 9.17) is 18.6 Å². The van der Waals surface area contributed by atoms with E-state index in [9.17, 15) is 14.4 Å². The number of nitrogens with one attached hydrogen (secondary N) is 1. The van der Waals surface area contributed by atoms with Crippen molar-refractivity contribution in [2.24, 2.45) is 23.7 Å². The summed E-state index contributed by atoms with van der Waals surface area (Å²) in [5.74, 6) is -1.71. The summed E-state index contributed by atoms with van der Waals surface area (Å²) in [6.07, 6.45) is -0.0193. The second-order valence-corrected chi connectivity index (χ2v) is 9.94. The first-order valence-electron chi connectivity index (χ1n) is 11.8. The summed E-state index contributed by atoms with van der Waals surface area (Å²) in [7, 11) is 0. The molecule has 0 bridgehead atoms. The molecule has 184 valence electrons. The monoisotopic (exact) mass is 472 g/mol. The highest BCUT2D eigenvalue weighted by Crippen LogP contribution is 2.66. The molecule has 0 radical (unpaired) electrons. The Kier molecular flexibility index (Phi) is 6.31. The maximum Gasteiger partial charge on any atom is 0.408 e. The number of benzene rings is 1. The van der Waals surface area contributed by atoms with Gasteiger partial charge in [-0.1, -0.05) is 12.1 Å². The minimum atomic E-state index is -1.39. The van der Waals surface area contributed by atoms with Gasteiger partial charge in [0.15, 0.2) is 11.5 Å². The van der Waals surface area contributed by atoms with Crippen LogP contribution in [0.3, 0.4) is 0 Å². The lowest BCUT2D eigenvalue weighted by Crippen LogP contribution is -2.58. The highest BCUT2D eigenvalue weighted by molar-refractivity contribution is 5.90. The van der Waals surface area contributed by atoms with Crippen LogP contribution in [0.1, 0.15) is 46.9 Å². The summed E-state index contributed by atoms with van der Waals surface area (Å²) in [4.78, 5) is 43.4. The molecule has 1 aromatic heterocycles. The molecular formula is C25H32N2O7. The molecule has 34 heavy (non-hydrogen) atoms. The quantitative estimate of drug-likeness (QED) is 0.479. The summed E-state index contributed by atoms with van der Waals surface area (Å²) in [6, 6.07) is 7.46. The maximum absolute atomic E-state index is 13.3. The highest BCUT2D eigenvalue weighted by Gasteiger charge is 2.76. The van der Waals surface area contributed by atoms with E-state index in [1.54, 1.807) is 34.6 Å². The lowest BCUT2D eigenvalue weighted by molar-refractivity contribution is -0.154. The zero-order valence-electron chi connectivity index (χ0n) is 20.3. The van der Waals surface area contributed by atoms with Crippen LogP contribution in [-0.2, 0) is 30.2 Å². The zero-order valence-corrected chi connectivity index (χ0v) is 20.3. The van der Waals surface area contributed by atoms with Gasteiger partial charge in [0.25, 0.3) is 0 Å². The molecule has 5 atom stereocenters. The number of ether oxygens (including phenoxy) is 3. The maximum atomic E-state index is 13.3. The molecule has 9 nitrogen and oxygen atoms in total. The molecule has 2 aromatic rings. The summed E-state index contributed by atoms with van der Waals surface area (Å²) >= 11 is 0. The van der Waals surface area contributed by atoms with Crippen molar-refractivity contribution in [3.63, 3.8) is 0 Å². The second kappa shape index (κ2) is 8.92. The van der Waals surface area contributed by atoms with E-state index in [2.05, 4.69) is 10.3 Å². The average Bonchev–Trinajstić information content (AvgIpc) is 3.25. The fraction of sp³-hybridized carbons (Fsp3) is 0.600. The second-order valence-electron chi connectivity index (χ2n) is 9.94. The van der Waals surface area contributed by atoms with Crippen LogP contribution in [0.2, 0.25) is 0 Å². The number of aromatic nitrogens is 1. The third-order valence-corrected chi connectivity index (χ3v) is 6.47. The molecule has 9 heteroatoms. The number of esters is 2. The molecular weight excluding hydrogens is 440 g/mol. The molecule has 2 fully saturated rings. The van der Waals surface area contributed by atoms with Gasteiger partial charge < -0.3 is 23.9 Å².